The Bertz CT molecular complexity index is 127. The second-order valence-corrected chi connectivity index (χ2v) is 3.79. The molecular weight excluding hydrogens is 366 g/mol. The smallest absolute Gasteiger partial charge is 0.0686 e. The van der Waals surface area contributed by atoms with Gasteiger partial charge in [-0.25, -0.2) is 0 Å². The van der Waals surface area contributed by atoms with Gasteiger partial charge in [-0.2, -0.15) is 0 Å². The van der Waals surface area contributed by atoms with E-state index in [1.54, 1.807) is 0 Å². The van der Waals surface area contributed by atoms with Crippen LogP contribution < -0.4 is 0 Å². The van der Waals surface area contributed by atoms with Crippen molar-refractivity contribution in [2.75, 3.05) is 22.1 Å². The van der Waals surface area contributed by atoms with Gasteiger partial charge in [0.2, 0.25) is 0 Å². The van der Waals surface area contributed by atoms with E-state index in [0.29, 0.717) is 13.2 Å². The van der Waals surface area contributed by atoms with Crippen LogP contribution >= 0.6 is 45.2 Å². The fourth-order valence-corrected chi connectivity index (χ4v) is 0.857. The van der Waals surface area contributed by atoms with E-state index in [4.69, 9.17) is 4.74 Å². The summed E-state index contributed by atoms with van der Waals surface area (Å²) in [6.45, 7) is 8.99. The Labute approximate surface area is 95.6 Å². The third-order valence-corrected chi connectivity index (χ3v) is 3.15. The first-order chi connectivity index (χ1) is 5.20. The normalized spacial score (nSPS) is 9.64. The van der Waals surface area contributed by atoms with Crippen molar-refractivity contribution in [2.45, 2.75) is 0 Å². The summed E-state index contributed by atoms with van der Waals surface area (Å²) in [5, 5.41) is 0. The van der Waals surface area contributed by atoms with Gasteiger partial charge in [-0.15, -0.1) is 0 Å². The second-order valence-electron chi connectivity index (χ2n) is 2.26. The largest absolute Gasteiger partial charge is 0.373 e. The minimum Gasteiger partial charge on any atom is -0.373 e. The molecular formula is C8H12I2O. The molecule has 0 aliphatic rings. The van der Waals surface area contributed by atoms with Crippen molar-refractivity contribution in [1.29, 1.82) is 0 Å². The Morgan fingerprint density at radius 3 is 1.64 bits per heavy atom. The predicted molar refractivity (Wildman–Crippen MR) is 66.9 cm³/mol. The number of hydrogen-bond acceptors (Lipinski definition) is 1. The van der Waals surface area contributed by atoms with Gasteiger partial charge in [0.15, 0.2) is 0 Å². The van der Waals surface area contributed by atoms with Gasteiger partial charge in [0.1, 0.15) is 0 Å². The topological polar surface area (TPSA) is 9.23 Å². The molecule has 0 unspecified atom stereocenters. The summed E-state index contributed by atoms with van der Waals surface area (Å²) >= 11 is 4.55. The molecule has 0 rings (SSSR count). The fourth-order valence-electron chi connectivity index (χ4n) is 0.417. The lowest BCUT2D eigenvalue weighted by Gasteiger charge is -2.04. The van der Waals surface area contributed by atoms with Crippen molar-refractivity contribution in [3.63, 3.8) is 0 Å². The van der Waals surface area contributed by atoms with Crippen LogP contribution in [-0.4, -0.2) is 22.1 Å². The molecule has 0 aliphatic carbocycles. The van der Waals surface area contributed by atoms with Gasteiger partial charge >= 0.3 is 0 Å². The lowest BCUT2D eigenvalue weighted by Crippen LogP contribution is -2.02. The van der Waals surface area contributed by atoms with E-state index in [0.717, 1.165) is 20.0 Å². The minimum absolute atomic E-state index is 0.665. The molecule has 0 atom stereocenters. The van der Waals surface area contributed by atoms with Crippen LogP contribution in [-0.2, 0) is 4.74 Å². The Kier molecular flexibility index (Phi) is 8.16. The minimum atomic E-state index is 0.665. The molecule has 64 valence electrons. The number of alkyl halides is 2. The average molecular weight is 378 g/mol. The van der Waals surface area contributed by atoms with Crippen LogP contribution in [0.25, 0.3) is 0 Å². The summed E-state index contributed by atoms with van der Waals surface area (Å²) in [6, 6.07) is 0. The van der Waals surface area contributed by atoms with Crippen molar-refractivity contribution >= 4 is 45.2 Å². The molecule has 3 heteroatoms. The molecule has 0 aromatic carbocycles. The molecule has 11 heavy (non-hydrogen) atoms. The first-order valence-corrected chi connectivity index (χ1v) is 6.28. The fraction of sp³-hybridized carbons (Fsp3) is 0.500. The van der Waals surface area contributed by atoms with E-state index in [2.05, 4.69) is 58.3 Å². The number of ether oxygens (including phenoxy) is 1. The van der Waals surface area contributed by atoms with E-state index in [1.807, 2.05) is 0 Å². The quantitative estimate of drug-likeness (QED) is 0.393. The molecule has 0 saturated carbocycles. The Morgan fingerprint density at radius 1 is 1.00 bits per heavy atom. The molecule has 0 N–H and O–H groups in total. The van der Waals surface area contributed by atoms with Gasteiger partial charge < -0.3 is 4.74 Å². The van der Waals surface area contributed by atoms with Crippen molar-refractivity contribution in [3.8, 4) is 0 Å². The summed E-state index contributed by atoms with van der Waals surface area (Å²) in [6.07, 6.45) is 0. The Hall–Kier alpha value is 0.900. The van der Waals surface area contributed by atoms with Crippen LogP contribution in [0.3, 0.4) is 0 Å². The van der Waals surface area contributed by atoms with Crippen LogP contribution in [0.1, 0.15) is 0 Å². The summed E-state index contributed by atoms with van der Waals surface area (Å²) < 4.78 is 7.26. The van der Waals surface area contributed by atoms with E-state index in [1.165, 1.54) is 0 Å². The molecule has 0 amide bonds. The lowest BCUT2D eigenvalue weighted by atomic mass is 10.3. The maximum Gasteiger partial charge on any atom is 0.0686 e. The van der Waals surface area contributed by atoms with Crippen molar-refractivity contribution in [1.82, 2.24) is 0 Å². The molecule has 0 heterocycles. The molecule has 0 aliphatic heterocycles. The van der Waals surface area contributed by atoms with Crippen LogP contribution in [0.15, 0.2) is 24.3 Å². The highest BCUT2D eigenvalue weighted by Gasteiger charge is 1.93. The van der Waals surface area contributed by atoms with Crippen LogP contribution in [0.5, 0.6) is 0 Å². The van der Waals surface area contributed by atoms with E-state index >= 15 is 0 Å². The maximum absolute atomic E-state index is 5.33. The first kappa shape index (κ1) is 11.9. The molecule has 0 aromatic rings. The van der Waals surface area contributed by atoms with Gasteiger partial charge in [0.05, 0.1) is 13.2 Å². The van der Waals surface area contributed by atoms with E-state index in [9.17, 15) is 0 Å². The third kappa shape index (κ3) is 7.27. The van der Waals surface area contributed by atoms with Crippen LogP contribution in [0.4, 0.5) is 0 Å². The van der Waals surface area contributed by atoms with E-state index in [-0.39, 0.29) is 0 Å². The third-order valence-electron chi connectivity index (χ3n) is 0.990. The van der Waals surface area contributed by atoms with Gasteiger partial charge in [-0.1, -0.05) is 58.3 Å². The van der Waals surface area contributed by atoms with Crippen molar-refractivity contribution in [2.24, 2.45) is 0 Å². The molecule has 0 saturated heterocycles. The highest BCUT2D eigenvalue weighted by molar-refractivity contribution is 14.1. The summed E-state index contributed by atoms with van der Waals surface area (Å²) in [4.78, 5) is 0. The summed E-state index contributed by atoms with van der Waals surface area (Å²) in [5.74, 6) is 0. The SMILES string of the molecule is C=C(CI)COCC(=C)CI. The highest BCUT2D eigenvalue weighted by atomic mass is 127. The second kappa shape index (κ2) is 7.54. The molecule has 0 fully saturated rings. The number of halogens is 2. The highest BCUT2D eigenvalue weighted by Crippen LogP contribution is 2.01. The van der Waals surface area contributed by atoms with Crippen molar-refractivity contribution < 1.29 is 4.74 Å². The van der Waals surface area contributed by atoms with Gasteiger partial charge in [-0.3, -0.25) is 0 Å². The standard InChI is InChI=1S/C8H12I2O/c1-7(3-9)5-11-6-8(2)4-10/h1-6H2. The molecule has 0 bridgehead atoms. The van der Waals surface area contributed by atoms with Crippen LogP contribution in [0, 0.1) is 0 Å². The van der Waals surface area contributed by atoms with Crippen LogP contribution in [0.2, 0.25) is 0 Å². The zero-order valence-electron chi connectivity index (χ0n) is 6.41. The molecule has 0 spiro atoms. The van der Waals surface area contributed by atoms with E-state index < -0.39 is 0 Å². The Morgan fingerprint density at radius 2 is 1.36 bits per heavy atom. The number of rotatable bonds is 6. The monoisotopic (exact) mass is 378 g/mol. The van der Waals surface area contributed by atoms with Gasteiger partial charge in [0, 0.05) is 8.86 Å². The van der Waals surface area contributed by atoms with Gasteiger partial charge in [-0.05, 0) is 11.1 Å². The molecule has 0 radical (unpaired) electrons. The molecule has 0 aromatic heterocycles. The predicted octanol–water partition coefficient (Wildman–Crippen LogP) is 2.99. The van der Waals surface area contributed by atoms with Gasteiger partial charge in [0.25, 0.3) is 0 Å². The lowest BCUT2D eigenvalue weighted by molar-refractivity contribution is 0.182. The zero-order chi connectivity index (χ0) is 8.69. The Balaban J connectivity index is 3.27. The summed E-state index contributed by atoms with van der Waals surface area (Å²) in [7, 11) is 0. The first-order valence-electron chi connectivity index (χ1n) is 3.23. The summed E-state index contributed by atoms with van der Waals surface area (Å²) in [5.41, 5.74) is 2.26. The zero-order valence-corrected chi connectivity index (χ0v) is 10.7. The van der Waals surface area contributed by atoms with Crippen molar-refractivity contribution in [3.05, 3.63) is 24.3 Å². The average Bonchev–Trinajstić information content (AvgIpc) is 2.04. The number of hydrogen-bond donors (Lipinski definition) is 0. The maximum atomic E-state index is 5.33. The molecule has 1 nitrogen and oxygen atoms in total.